The molecular weight excluding hydrogens is 324 g/mol. The second-order valence-electron chi connectivity index (χ2n) is 4.70. The molecule has 110 valence electrons. The van der Waals surface area contributed by atoms with Gasteiger partial charge in [0, 0.05) is 35.8 Å². The Balaban J connectivity index is 1.83. The molecule has 0 spiro atoms. The van der Waals surface area contributed by atoms with Gasteiger partial charge in [0.1, 0.15) is 5.75 Å². The molecule has 1 aromatic rings. The van der Waals surface area contributed by atoms with Crippen molar-refractivity contribution in [1.82, 2.24) is 5.32 Å². The molecule has 20 heavy (non-hydrogen) atoms. The second kappa shape index (κ2) is 7.61. The quantitative estimate of drug-likeness (QED) is 0.851. The first-order chi connectivity index (χ1) is 9.69. The Kier molecular flexibility index (Phi) is 5.82. The van der Waals surface area contributed by atoms with Crippen LogP contribution in [0.5, 0.6) is 5.75 Å². The predicted molar refractivity (Wildman–Crippen MR) is 79.5 cm³/mol. The van der Waals surface area contributed by atoms with Crippen molar-refractivity contribution in [2.75, 3.05) is 19.8 Å². The third kappa shape index (κ3) is 4.47. The third-order valence-electron chi connectivity index (χ3n) is 3.19. The number of rotatable bonds is 5. The maximum Gasteiger partial charge on any atom is 0.258 e. The van der Waals surface area contributed by atoms with Crippen molar-refractivity contribution in [2.45, 2.75) is 25.4 Å². The van der Waals surface area contributed by atoms with E-state index in [1.54, 1.807) is 0 Å². The van der Waals surface area contributed by atoms with E-state index in [1.807, 2.05) is 18.2 Å². The first kappa shape index (κ1) is 15.3. The molecule has 1 saturated heterocycles. The summed E-state index contributed by atoms with van der Waals surface area (Å²) in [4.78, 5) is 11.8. The molecule has 1 aliphatic heterocycles. The first-order valence-electron chi connectivity index (χ1n) is 6.67. The van der Waals surface area contributed by atoms with Crippen LogP contribution in [0.4, 0.5) is 0 Å². The van der Waals surface area contributed by atoms with Gasteiger partial charge in [-0.15, -0.1) is 0 Å². The maximum atomic E-state index is 11.8. The zero-order chi connectivity index (χ0) is 14.4. The molecule has 1 fully saturated rings. The highest BCUT2D eigenvalue weighted by Crippen LogP contribution is 2.22. The lowest BCUT2D eigenvalue weighted by atomic mass is 10.1. The lowest BCUT2D eigenvalue weighted by Gasteiger charge is -2.23. The summed E-state index contributed by atoms with van der Waals surface area (Å²) < 4.78 is 11.7. The fraction of sp³-hybridized carbons (Fsp3) is 0.500. The maximum absolute atomic E-state index is 11.8. The van der Waals surface area contributed by atoms with Crippen molar-refractivity contribution >= 4 is 21.8 Å². The summed E-state index contributed by atoms with van der Waals surface area (Å²) in [6.07, 6.45) is 1.72. The Morgan fingerprint density at radius 3 is 2.90 bits per heavy atom. The Bertz CT molecular complexity index is 462. The van der Waals surface area contributed by atoms with E-state index in [-0.39, 0.29) is 18.6 Å². The molecule has 0 aliphatic carbocycles. The first-order valence-corrected chi connectivity index (χ1v) is 7.46. The van der Waals surface area contributed by atoms with Gasteiger partial charge in [0.15, 0.2) is 6.61 Å². The molecule has 0 bridgehead atoms. The van der Waals surface area contributed by atoms with Crippen LogP contribution in [-0.2, 0) is 16.1 Å². The highest BCUT2D eigenvalue weighted by molar-refractivity contribution is 9.10. The van der Waals surface area contributed by atoms with Gasteiger partial charge >= 0.3 is 0 Å². The van der Waals surface area contributed by atoms with Crippen LogP contribution in [0.3, 0.4) is 0 Å². The number of amides is 1. The Hall–Kier alpha value is -1.11. The Labute approximate surface area is 126 Å². The van der Waals surface area contributed by atoms with Gasteiger partial charge in [-0.2, -0.15) is 0 Å². The largest absolute Gasteiger partial charge is 0.483 e. The fourth-order valence-electron chi connectivity index (χ4n) is 2.10. The van der Waals surface area contributed by atoms with Crippen molar-refractivity contribution in [2.24, 2.45) is 5.73 Å². The number of hydrogen-bond acceptors (Lipinski definition) is 4. The van der Waals surface area contributed by atoms with E-state index in [4.69, 9.17) is 15.2 Å². The summed E-state index contributed by atoms with van der Waals surface area (Å²) >= 11 is 3.38. The summed E-state index contributed by atoms with van der Waals surface area (Å²) in [5, 5.41) is 2.95. The molecule has 1 aliphatic rings. The smallest absolute Gasteiger partial charge is 0.258 e. The molecule has 1 aromatic carbocycles. The molecule has 6 heteroatoms. The number of benzene rings is 1. The highest BCUT2D eigenvalue weighted by Gasteiger charge is 2.16. The van der Waals surface area contributed by atoms with Gasteiger partial charge in [-0.1, -0.05) is 15.9 Å². The minimum Gasteiger partial charge on any atom is -0.483 e. The molecule has 0 aromatic heterocycles. The number of carbonyl (C=O) groups is 1. The van der Waals surface area contributed by atoms with E-state index in [9.17, 15) is 4.79 Å². The van der Waals surface area contributed by atoms with E-state index in [0.29, 0.717) is 25.5 Å². The predicted octanol–water partition coefficient (Wildman–Crippen LogP) is 1.58. The van der Waals surface area contributed by atoms with Crippen LogP contribution >= 0.6 is 15.9 Å². The summed E-state index contributed by atoms with van der Waals surface area (Å²) in [6.45, 7) is 1.79. The number of hydrogen-bond donors (Lipinski definition) is 2. The molecule has 3 N–H and O–H groups in total. The van der Waals surface area contributed by atoms with Crippen LogP contribution in [0.25, 0.3) is 0 Å². The monoisotopic (exact) mass is 342 g/mol. The zero-order valence-corrected chi connectivity index (χ0v) is 12.8. The van der Waals surface area contributed by atoms with Crippen LogP contribution in [0.2, 0.25) is 0 Å². The summed E-state index contributed by atoms with van der Waals surface area (Å²) in [5.41, 5.74) is 6.53. The van der Waals surface area contributed by atoms with E-state index in [0.717, 1.165) is 22.9 Å². The normalized spacial score (nSPS) is 15.9. The fourth-order valence-corrected chi connectivity index (χ4v) is 2.51. The van der Waals surface area contributed by atoms with E-state index in [1.165, 1.54) is 0 Å². The zero-order valence-electron chi connectivity index (χ0n) is 11.2. The van der Waals surface area contributed by atoms with Crippen molar-refractivity contribution in [1.29, 1.82) is 0 Å². The molecule has 1 heterocycles. The van der Waals surface area contributed by atoms with E-state index >= 15 is 0 Å². The average molecular weight is 343 g/mol. The van der Waals surface area contributed by atoms with Gasteiger partial charge in [0.25, 0.3) is 5.91 Å². The lowest BCUT2D eigenvalue weighted by Crippen LogP contribution is -2.41. The van der Waals surface area contributed by atoms with Crippen molar-refractivity contribution < 1.29 is 14.3 Å². The van der Waals surface area contributed by atoms with Crippen LogP contribution in [0, 0.1) is 0 Å². The Morgan fingerprint density at radius 2 is 2.20 bits per heavy atom. The van der Waals surface area contributed by atoms with Crippen molar-refractivity contribution in [3.8, 4) is 5.75 Å². The number of nitrogens with one attached hydrogen (secondary N) is 1. The molecule has 0 saturated carbocycles. The van der Waals surface area contributed by atoms with E-state index < -0.39 is 0 Å². The number of ether oxygens (including phenoxy) is 2. The average Bonchev–Trinajstić information content (AvgIpc) is 2.47. The lowest BCUT2D eigenvalue weighted by molar-refractivity contribution is -0.124. The molecular formula is C14H19BrN2O3. The summed E-state index contributed by atoms with van der Waals surface area (Å²) in [5.74, 6) is 0.542. The van der Waals surface area contributed by atoms with Gasteiger partial charge in [0.05, 0.1) is 0 Å². The topological polar surface area (TPSA) is 73.6 Å². The third-order valence-corrected chi connectivity index (χ3v) is 3.68. The Morgan fingerprint density at radius 1 is 1.45 bits per heavy atom. The number of nitrogens with two attached hydrogens (primary N) is 1. The van der Waals surface area contributed by atoms with Gasteiger partial charge in [-0.3, -0.25) is 4.79 Å². The molecule has 0 atom stereocenters. The SMILES string of the molecule is NCc1cc(Br)ccc1OCC(=O)NC1CCOCC1. The molecule has 0 unspecified atom stereocenters. The molecule has 1 amide bonds. The van der Waals surface area contributed by atoms with Crippen molar-refractivity contribution in [3.63, 3.8) is 0 Å². The molecule has 5 nitrogen and oxygen atoms in total. The highest BCUT2D eigenvalue weighted by atomic mass is 79.9. The minimum absolute atomic E-state index is 0.00594. The van der Waals surface area contributed by atoms with Gasteiger partial charge in [-0.05, 0) is 31.0 Å². The summed E-state index contributed by atoms with van der Waals surface area (Å²) in [7, 11) is 0. The number of carbonyl (C=O) groups excluding carboxylic acids is 1. The van der Waals surface area contributed by atoms with Gasteiger partial charge in [0.2, 0.25) is 0 Å². The van der Waals surface area contributed by atoms with Gasteiger partial charge in [-0.25, -0.2) is 0 Å². The van der Waals surface area contributed by atoms with E-state index in [2.05, 4.69) is 21.2 Å². The molecule has 2 rings (SSSR count). The summed E-state index contributed by atoms with van der Waals surface area (Å²) in [6, 6.07) is 5.77. The van der Waals surface area contributed by atoms with Crippen LogP contribution in [-0.4, -0.2) is 31.8 Å². The van der Waals surface area contributed by atoms with Gasteiger partial charge < -0.3 is 20.5 Å². The van der Waals surface area contributed by atoms with Crippen LogP contribution in [0.15, 0.2) is 22.7 Å². The number of halogens is 1. The molecule has 0 radical (unpaired) electrons. The van der Waals surface area contributed by atoms with Crippen LogP contribution in [0.1, 0.15) is 18.4 Å². The van der Waals surface area contributed by atoms with Crippen molar-refractivity contribution in [3.05, 3.63) is 28.2 Å². The second-order valence-corrected chi connectivity index (χ2v) is 5.61. The standard InChI is InChI=1S/C14H19BrN2O3/c15-11-1-2-13(10(7-11)8-16)20-9-14(18)17-12-3-5-19-6-4-12/h1-2,7,12H,3-6,8-9,16H2,(H,17,18). The van der Waals surface area contributed by atoms with Crippen LogP contribution < -0.4 is 15.8 Å². The minimum atomic E-state index is -0.109.